The van der Waals surface area contributed by atoms with Gasteiger partial charge in [0.25, 0.3) is 0 Å². The van der Waals surface area contributed by atoms with E-state index in [0.29, 0.717) is 22.0 Å². The van der Waals surface area contributed by atoms with E-state index >= 15 is 0 Å². The number of rotatable bonds is 7. The van der Waals surface area contributed by atoms with Gasteiger partial charge in [-0.1, -0.05) is 23.7 Å². The molecule has 1 aromatic heterocycles. The van der Waals surface area contributed by atoms with Gasteiger partial charge in [-0.3, -0.25) is 4.68 Å². The first-order valence-electron chi connectivity index (χ1n) is 8.12. The van der Waals surface area contributed by atoms with E-state index in [9.17, 15) is 13.5 Å². The molecule has 8 heteroatoms. The Morgan fingerprint density at radius 1 is 1.32 bits per heavy atom. The molecule has 2 aromatic rings. The standard InChI is InChI=1S/C17H24ClN3O3S/c1-11(2)21-13(4)17(12(3)20-21)25(23,24)19-9-8-16(22)14-6-5-7-15(18)10-14/h5-7,10-11,16,19,22H,8-9H2,1-4H3/t16-/m0/s1. The SMILES string of the molecule is Cc1nn(C(C)C)c(C)c1S(=O)(=O)NCC[C@H](O)c1cccc(Cl)c1. The van der Waals surface area contributed by atoms with Crippen molar-refractivity contribution in [2.45, 2.75) is 51.2 Å². The van der Waals surface area contributed by atoms with Gasteiger partial charge >= 0.3 is 0 Å². The third-order valence-corrected chi connectivity index (χ3v) is 5.91. The quantitative estimate of drug-likeness (QED) is 0.766. The summed E-state index contributed by atoms with van der Waals surface area (Å²) in [6.45, 7) is 7.44. The van der Waals surface area contributed by atoms with E-state index < -0.39 is 16.1 Å². The van der Waals surface area contributed by atoms with Gasteiger partial charge in [0.15, 0.2) is 0 Å². The summed E-state index contributed by atoms with van der Waals surface area (Å²) in [6.07, 6.45) is -0.544. The summed E-state index contributed by atoms with van der Waals surface area (Å²) < 4.78 is 29.5. The molecule has 2 N–H and O–H groups in total. The van der Waals surface area contributed by atoms with Crippen LogP contribution in [0.5, 0.6) is 0 Å². The van der Waals surface area contributed by atoms with Crippen LogP contribution in [0.4, 0.5) is 0 Å². The molecule has 1 heterocycles. The normalized spacial score (nSPS) is 13.4. The number of aliphatic hydroxyl groups excluding tert-OH is 1. The van der Waals surface area contributed by atoms with Gasteiger partial charge in [-0.2, -0.15) is 5.10 Å². The van der Waals surface area contributed by atoms with Gasteiger partial charge in [-0.05, 0) is 51.8 Å². The van der Waals surface area contributed by atoms with Crippen molar-refractivity contribution in [2.24, 2.45) is 0 Å². The zero-order valence-electron chi connectivity index (χ0n) is 14.8. The lowest BCUT2D eigenvalue weighted by Crippen LogP contribution is -2.27. The third kappa shape index (κ3) is 4.61. The third-order valence-electron chi connectivity index (χ3n) is 3.96. The number of halogens is 1. The Kier molecular flexibility index (Phi) is 6.26. The van der Waals surface area contributed by atoms with Gasteiger partial charge < -0.3 is 5.11 Å². The molecule has 0 aliphatic carbocycles. The number of hydrogen-bond donors (Lipinski definition) is 2. The fraction of sp³-hybridized carbons (Fsp3) is 0.471. The molecule has 0 bridgehead atoms. The Morgan fingerprint density at radius 3 is 2.56 bits per heavy atom. The molecule has 6 nitrogen and oxygen atoms in total. The molecule has 0 fully saturated rings. The topological polar surface area (TPSA) is 84.2 Å². The van der Waals surface area contributed by atoms with Crippen LogP contribution in [0.25, 0.3) is 0 Å². The highest BCUT2D eigenvalue weighted by Gasteiger charge is 2.25. The van der Waals surface area contributed by atoms with Crippen LogP contribution in [0, 0.1) is 13.8 Å². The van der Waals surface area contributed by atoms with Crippen LogP contribution < -0.4 is 4.72 Å². The summed E-state index contributed by atoms with van der Waals surface area (Å²) in [7, 11) is -3.69. The molecule has 0 radical (unpaired) electrons. The van der Waals surface area contributed by atoms with Gasteiger partial charge in [0.05, 0.1) is 17.5 Å². The number of nitrogens with one attached hydrogen (secondary N) is 1. The van der Waals surface area contributed by atoms with Crippen LogP contribution in [-0.2, 0) is 10.0 Å². The first kappa shape index (κ1) is 19.9. The van der Waals surface area contributed by atoms with Crippen LogP contribution >= 0.6 is 11.6 Å². The maximum atomic E-state index is 12.6. The lowest BCUT2D eigenvalue weighted by molar-refractivity contribution is 0.169. The van der Waals surface area contributed by atoms with Crippen molar-refractivity contribution in [3.05, 3.63) is 46.2 Å². The zero-order chi connectivity index (χ0) is 18.8. The summed E-state index contributed by atoms with van der Waals surface area (Å²) in [5.74, 6) is 0. The van der Waals surface area contributed by atoms with E-state index in [2.05, 4.69) is 9.82 Å². The minimum Gasteiger partial charge on any atom is -0.388 e. The van der Waals surface area contributed by atoms with Crippen LogP contribution in [0.15, 0.2) is 29.2 Å². The lowest BCUT2D eigenvalue weighted by Gasteiger charge is -2.13. The van der Waals surface area contributed by atoms with Gasteiger partial charge in [0, 0.05) is 17.6 Å². The van der Waals surface area contributed by atoms with E-state index in [1.54, 1.807) is 42.8 Å². The molecule has 0 spiro atoms. The predicted octanol–water partition coefficient (Wildman–Crippen LogP) is 3.14. The highest BCUT2D eigenvalue weighted by Crippen LogP contribution is 2.23. The van der Waals surface area contributed by atoms with Crippen molar-refractivity contribution in [2.75, 3.05) is 6.54 Å². The van der Waals surface area contributed by atoms with Crippen LogP contribution in [0.1, 0.15) is 49.4 Å². The molecule has 1 aromatic carbocycles. The van der Waals surface area contributed by atoms with Crippen molar-refractivity contribution in [1.82, 2.24) is 14.5 Å². The molecule has 0 aliphatic heterocycles. The second kappa shape index (κ2) is 7.86. The summed E-state index contributed by atoms with van der Waals surface area (Å²) in [6, 6.07) is 6.97. The summed E-state index contributed by atoms with van der Waals surface area (Å²) in [5, 5.41) is 15.0. The van der Waals surface area contributed by atoms with Crippen molar-refractivity contribution in [3.63, 3.8) is 0 Å². The minimum absolute atomic E-state index is 0.0762. The fourth-order valence-corrected chi connectivity index (χ4v) is 4.46. The molecule has 138 valence electrons. The van der Waals surface area contributed by atoms with E-state index in [4.69, 9.17) is 11.6 Å². The Hall–Kier alpha value is -1.41. The van der Waals surface area contributed by atoms with E-state index in [1.165, 1.54) is 0 Å². The van der Waals surface area contributed by atoms with E-state index in [1.807, 2.05) is 13.8 Å². The monoisotopic (exact) mass is 385 g/mol. The number of aryl methyl sites for hydroxylation is 1. The summed E-state index contributed by atoms with van der Waals surface area (Å²) in [5.41, 5.74) is 1.73. The molecule has 0 unspecified atom stereocenters. The van der Waals surface area contributed by atoms with E-state index in [0.717, 1.165) is 0 Å². The molecular formula is C17H24ClN3O3S. The van der Waals surface area contributed by atoms with Crippen molar-refractivity contribution in [3.8, 4) is 0 Å². The molecule has 0 saturated heterocycles. The fourth-order valence-electron chi connectivity index (χ4n) is 2.82. The van der Waals surface area contributed by atoms with E-state index in [-0.39, 0.29) is 23.9 Å². The highest BCUT2D eigenvalue weighted by molar-refractivity contribution is 7.89. The van der Waals surface area contributed by atoms with Gasteiger partial charge in [-0.25, -0.2) is 13.1 Å². The molecular weight excluding hydrogens is 362 g/mol. The maximum absolute atomic E-state index is 12.6. The second-order valence-corrected chi connectivity index (χ2v) is 8.44. The average Bonchev–Trinajstić information content (AvgIpc) is 2.82. The minimum atomic E-state index is -3.69. The molecule has 2 rings (SSSR count). The molecule has 0 amide bonds. The Morgan fingerprint density at radius 2 is 2.00 bits per heavy atom. The largest absolute Gasteiger partial charge is 0.388 e. The number of aromatic nitrogens is 2. The summed E-state index contributed by atoms with van der Waals surface area (Å²) in [4.78, 5) is 0.207. The van der Waals surface area contributed by atoms with Crippen molar-refractivity contribution >= 4 is 21.6 Å². The maximum Gasteiger partial charge on any atom is 0.244 e. The predicted molar refractivity (Wildman–Crippen MR) is 98.3 cm³/mol. The average molecular weight is 386 g/mol. The zero-order valence-corrected chi connectivity index (χ0v) is 16.4. The molecule has 0 aliphatic rings. The first-order chi connectivity index (χ1) is 11.6. The van der Waals surface area contributed by atoms with Crippen LogP contribution in [-0.4, -0.2) is 29.8 Å². The smallest absolute Gasteiger partial charge is 0.244 e. The molecule has 1 atom stereocenters. The summed E-state index contributed by atoms with van der Waals surface area (Å²) >= 11 is 5.91. The Labute approximate surface area is 153 Å². The van der Waals surface area contributed by atoms with Crippen LogP contribution in [0.3, 0.4) is 0 Å². The van der Waals surface area contributed by atoms with Gasteiger partial charge in [0.1, 0.15) is 4.90 Å². The number of hydrogen-bond acceptors (Lipinski definition) is 4. The van der Waals surface area contributed by atoms with Crippen LogP contribution in [0.2, 0.25) is 5.02 Å². The lowest BCUT2D eigenvalue weighted by atomic mass is 10.1. The Bertz CT molecular complexity index is 847. The van der Waals surface area contributed by atoms with Gasteiger partial charge in [-0.15, -0.1) is 0 Å². The Balaban J connectivity index is 2.07. The molecule has 25 heavy (non-hydrogen) atoms. The van der Waals surface area contributed by atoms with Crippen molar-refractivity contribution < 1.29 is 13.5 Å². The first-order valence-corrected chi connectivity index (χ1v) is 9.98. The number of sulfonamides is 1. The molecule has 0 saturated carbocycles. The number of aliphatic hydroxyl groups is 1. The second-order valence-electron chi connectivity index (χ2n) is 6.30. The van der Waals surface area contributed by atoms with Gasteiger partial charge in [0.2, 0.25) is 10.0 Å². The number of benzene rings is 1. The highest BCUT2D eigenvalue weighted by atomic mass is 35.5. The number of nitrogens with zero attached hydrogens (tertiary/aromatic N) is 2. The van der Waals surface area contributed by atoms with Crippen molar-refractivity contribution in [1.29, 1.82) is 0 Å².